The van der Waals surface area contributed by atoms with Crippen LogP contribution in [0.15, 0.2) is 0 Å². The van der Waals surface area contributed by atoms with Crippen LogP contribution in [0.4, 0.5) is 0 Å². The molecule has 112 valence electrons. The van der Waals surface area contributed by atoms with Gasteiger partial charge in [0.25, 0.3) is 5.78 Å². The van der Waals surface area contributed by atoms with Gasteiger partial charge < -0.3 is 40.9 Å². The molecule has 10 nitrogen and oxygen atoms in total. The van der Waals surface area contributed by atoms with Crippen molar-refractivity contribution in [2.24, 2.45) is 0 Å². The van der Waals surface area contributed by atoms with Gasteiger partial charge in [-0.2, -0.15) is 0 Å². The van der Waals surface area contributed by atoms with Gasteiger partial charge in [0.1, 0.15) is 30.5 Å². The van der Waals surface area contributed by atoms with Crippen molar-refractivity contribution in [3.8, 4) is 0 Å². The molecule has 0 spiro atoms. The van der Waals surface area contributed by atoms with Crippen LogP contribution in [-0.2, 0) is 9.59 Å². The molecule has 0 radical (unpaired) electrons. The highest BCUT2D eigenvalue weighted by molar-refractivity contribution is 6.34. The molecule has 0 bridgehead atoms. The van der Waals surface area contributed by atoms with Gasteiger partial charge in [0, 0.05) is 0 Å². The average molecular weight is 284 g/mol. The summed E-state index contributed by atoms with van der Waals surface area (Å²) in [5.74, 6) is -3.89. The number of hydrogen-bond donors (Lipinski definition) is 8. The van der Waals surface area contributed by atoms with E-state index in [9.17, 15) is 30.0 Å². The number of aliphatic hydroxyl groups is 7. The first-order chi connectivity index (χ1) is 8.64. The van der Waals surface area contributed by atoms with E-state index in [0.29, 0.717) is 0 Å². The molecule has 2 unspecified atom stereocenters. The van der Waals surface area contributed by atoms with E-state index in [2.05, 4.69) is 0 Å². The first-order valence-corrected chi connectivity index (χ1v) is 5.11. The molecule has 0 aromatic rings. The van der Waals surface area contributed by atoms with Gasteiger partial charge in [-0.1, -0.05) is 0 Å². The molecule has 0 aliphatic heterocycles. The van der Waals surface area contributed by atoms with E-state index in [-0.39, 0.29) is 0 Å². The van der Waals surface area contributed by atoms with E-state index in [4.69, 9.17) is 20.4 Å². The highest BCUT2D eigenvalue weighted by Crippen LogP contribution is 2.11. The highest BCUT2D eigenvalue weighted by atomic mass is 16.4. The zero-order chi connectivity index (χ0) is 15.3. The summed E-state index contributed by atoms with van der Waals surface area (Å²) >= 11 is 0. The lowest BCUT2D eigenvalue weighted by molar-refractivity contribution is -0.171. The first-order valence-electron chi connectivity index (χ1n) is 5.11. The fraction of sp³-hybridized carbons (Fsp3) is 0.778. The van der Waals surface area contributed by atoms with Crippen LogP contribution >= 0.6 is 0 Å². The lowest BCUT2D eigenvalue weighted by Crippen LogP contribution is -2.54. The standard InChI is InChI=1S/C9H16O10/c10-1-2(11)3(12)4(13)5(14)6(15)7(16)8(17)9(18)19/h2-7,10-16H,1H2,(H,18,19)/t2?,3?,4-,5+,6+,7+/m1/s1. The van der Waals surface area contributed by atoms with Crippen molar-refractivity contribution in [2.45, 2.75) is 36.6 Å². The van der Waals surface area contributed by atoms with Crippen LogP contribution in [-0.4, -0.2) is 95.8 Å². The second-order valence-electron chi connectivity index (χ2n) is 3.83. The fourth-order valence-corrected chi connectivity index (χ4v) is 1.21. The number of ketones is 1. The molecule has 0 aromatic carbocycles. The van der Waals surface area contributed by atoms with Crippen molar-refractivity contribution in [1.82, 2.24) is 0 Å². The number of carboxylic acid groups (broad SMARTS) is 1. The van der Waals surface area contributed by atoms with E-state index in [1.165, 1.54) is 0 Å². The summed E-state index contributed by atoms with van der Waals surface area (Å²) < 4.78 is 0. The van der Waals surface area contributed by atoms with Gasteiger partial charge in [-0.25, -0.2) is 4.79 Å². The van der Waals surface area contributed by atoms with E-state index in [0.717, 1.165) is 0 Å². The Morgan fingerprint density at radius 2 is 1.21 bits per heavy atom. The summed E-state index contributed by atoms with van der Waals surface area (Å²) in [7, 11) is 0. The van der Waals surface area contributed by atoms with Gasteiger partial charge in [0.2, 0.25) is 0 Å². The Morgan fingerprint density at radius 3 is 1.58 bits per heavy atom. The van der Waals surface area contributed by atoms with Gasteiger partial charge in [-0.15, -0.1) is 0 Å². The topological polar surface area (TPSA) is 196 Å². The fourth-order valence-electron chi connectivity index (χ4n) is 1.21. The Morgan fingerprint density at radius 1 is 0.789 bits per heavy atom. The molecule has 0 heterocycles. The van der Waals surface area contributed by atoms with Crippen molar-refractivity contribution >= 4 is 11.8 Å². The quantitative estimate of drug-likeness (QED) is 0.199. The molecule has 0 aromatic heterocycles. The number of rotatable bonds is 8. The van der Waals surface area contributed by atoms with Crippen LogP contribution in [0.5, 0.6) is 0 Å². The van der Waals surface area contributed by atoms with Crippen LogP contribution in [0.2, 0.25) is 0 Å². The normalized spacial score (nSPS) is 21.0. The molecule has 0 rings (SSSR count). The van der Waals surface area contributed by atoms with E-state index in [1.807, 2.05) is 0 Å². The minimum Gasteiger partial charge on any atom is -0.475 e. The molecular weight excluding hydrogens is 268 g/mol. The predicted octanol–water partition coefficient (Wildman–Crippen LogP) is -5.20. The first kappa shape index (κ1) is 17.9. The summed E-state index contributed by atoms with van der Waals surface area (Å²) in [6.07, 6.45) is -13.4. The van der Waals surface area contributed by atoms with Gasteiger partial charge in [-0.05, 0) is 0 Å². The zero-order valence-electron chi connectivity index (χ0n) is 9.57. The summed E-state index contributed by atoms with van der Waals surface area (Å²) in [4.78, 5) is 21.1. The third kappa shape index (κ3) is 4.47. The maximum atomic E-state index is 10.8. The number of aliphatic carboxylic acids is 1. The molecule has 0 saturated carbocycles. The molecule has 10 heteroatoms. The molecule has 0 aliphatic carbocycles. The lowest BCUT2D eigenvalue weighted by Gasteiger charge is -2.29. The number of aliphatic hydroxyl groups excluding tert-OH is 7. The van der Waals surface area contributed by atoms with Gasteiger partial charge >= 0.3 is 5.97 Å². The highest BCUT2D eigenvalue weighted by Gasteiger charge is 2.40. The maximum absolute atomic E-state index is 10.8. The number of carboxylic acids is 1. The summed E-state index contributed by atoms with van der Waals surface area (Å²) in [6.45, 7) is -0.961. The molecule has 0 fully saturated rings. The van der Waals surface area contributed by atoms with Crippen LogP contribution < -0.4 is 0 Å². The molecule has 0 saturated heterocycles. The largest absolute Gasteiger partial charge is 0.475 e. The Hall–Kier alpha value is -1.14. The minimum atomic E-state index is -2.53. The monoisotopic (exact) mass is 284 g/mol. The molecule has 0 aliphatic rings. The molecule has 6 atom stereocenters. The Bertz CT molecular complexity index is 318. The number of hydrogen-bond acceptors (Lipinski definition) is 9. The number of Topliss-reactive ketones (excluding diaryl/α,β-unsaturated/α-hetero) is 1. The van der Waals surface area contributed by atoms with Crippen LogP contribution in [0.1, 0.15) is 0 Å². The second-order valence-corrected chi connectivity index (χ2v) is 3.83. The molecule has 8 N–H and O–H groups in total. The van der Waals surface area contributed by atoms with E-state index >= 15 is 0 Å². The summed E-state index contributed by atoms with van der Waals surface area (Å²) in [5, 5.41) is 72.0. The molecule has 0 amide bonds. The van der Waals surface area contributed by atoms with Crippen molar-refractivity contribution in [2.75, 3.05) is 6.61 Å². The van der Waals surface area contributed by atoms with Crippen molar-refractivity contribution < 1.29 is 50.4 Å². The van der Waals surface area contributed by atoms with Crippen molar-refractivity contribution in [1.29, 1.82) is 0 Å². The van der Waals surface area contributed by atoms with Crippen LogP contribution in [0.25, 0.3) is 0 Å². The lowest BCUT2D eigenvalue weighted by atomic mass is 9.95. The summed E-state index contributed by atoms with van der Waals surface area (Å²) in [5.41, 5.74) is 0. The van der Waals surface area contributed by atoms with Crippen LogP contribution in [0, 0.1) is 0 Å². The third-order valence-electron chi connectivity index (χ3n) is 2.43. The Kier molecular flexibility index (Phi) is 7.00. The number of carbonyl (C=O) groups is 2. The van der Waals surface area contributed by atoms with E-state index < -0.39 is 55.0 Å². The maximum Gasteiger partial charge on any atom is 0.375 e. The predicted molar refractivity (Wildman–Crippen MR) is 55.8 cm³/mol. The Labute approximate surface area is 106 Å². The second kappa shape index (κ2) is 7.45. The minimum absolute atomic E-state index is 0.961. The van der Waals surface area contributed by atoms with Crippen molar-refractivity contribution in [3.05, 3.63) is 0 Å². The SMILES string of the molecule is O=C(O)C(=O)[C@@H](O)[C@@H](O)[C@@H](O)[C@H](O)C(O)C(O)CO. The summed E-state index contributed by atoms with van der Waals surface area (Å²) in [6, 6.07) is 0. The third-order valence-corrected chi connectivity index (χ3v) is 2.43. The van der Waals surface area contributed by atoms with Gasteiger partial charge in [0.05, 0.1) is 6.61 Å². The number of carbonyl (C=O) groups excluding carboxylic acids is 1. The smallest absolute Gasteiger partial charge is 0.375 e. The van der Waals surface area contributed by atoms with Gasteiger partial charge in [-0.3, -0.25) is 4.79 Å². The average Bonchev–Trinajstić information content (AvgIpc) is 2.40. The van der Waals surface area contributed by atoms with Crippen molar-refractivity contribution in [3.63, 3.8) is 0 Å². The van der Waals surface area contributed by atoms with Gasteiger partial charge in [0.15, 0.2) is 6.10 Å². The molecule has 19 heavy (non-hydrogen) atoms. The molecular formula is C9H16O10. The van der Waals surface area contributed by atoms with E-state index in [1.54, 1.807) is 0 Å². The van der Waals surface area contributed by atoms with Crippen LogP contribution in [0.3, 0.4) is 0 Å². The zero-order valence-corrected chi connectivity index (χ0v) is 9.57. The Balaban J connectivity index is 4.76.